The van der Waals surface area contributed by atoms with Crippen molar-refractivity contribution in [1.82, 2.24) is 0 Å². The van der Waals surface area contributed by atoms with Crippen molar-refractivity contribution >= 4 is 6.29 Å². The molecular weight excluding hydrogens is 244 g/mol. The van der Waals surface area contributed by atoms with Crippen molar-refractivity contribution < 1.29 is 4.79 Å². The first-order valence-electron chi connectivity index (χ1n) is 7.87. The van der Waals surface area contributed by atoms with Crippen LogP contribution in [-0.2, 0) is 6.42 Å². The third-order valence-corrected chi connectivity index (χ3v) is 3.49. The molecule has 0 saturated heterocycles. The van der Waals surface area contributed by atoms with E-state index in [0.29, 0.717) is 6.42 Å². The van der Waals surface area contributed by atoms with Gasteiger partial charge in [-0.2, -0.15) is 0 Å². The van der Waals surface area contributed by atoms with Gasteiger partial charge in [0.1, 0.15) is 6.29 Å². The van der Waals surface area contributed by atoms with Gasteiger partial charge in [0.25, 0.3) is 0 Å². The Morgan fingerprint density at radius 3 is 2.40 bits per heavy atom. The molecule has 108 valence electrons. The van der Waals surface area contributed by atoms with Crippen LogP contribution < -0.4 is 0 Å². The molecule has 0 aliphatic carbocycles. The molecule has 1 nitrogen and oxygen atoms in total. The predicted octanol–water partition coefficient (Wildman–Crippen LogP) is 5.19. The SMILES string of the molecule is CCCCCCCCCC#CCc1ccccc1C=O. The van der Waals surface area contributed by atoms with Crippen molar-refractivity contribution in [2.24, 2.45) is 0 Å². The number of hydrogen-bond donors (Lipinski definition) is 0. The largest absolute Gasteiger partial charge is 0.298 e. The summed E-state index contributed by atoms with van der Waals surface area (Å²) in [5, 5.41) is 0. The molecule has 0 atom stereocenters. The molecule has 0 aliphatic heterocycles. The van der Waals surface area contributed by atoms with Crippen LogP contribution in [0.4, 0.5) is 0 Å². The zero-order valence-electron chi connectivity index (χ0n) is 12.7. The summed E-state index contributed by atoms with van der Waals surface area (Å²) >= 11 is 0. The minimum atomic E-state index is 0.686. The molecule has 0 spiro atoms. The molecule has 0 unspecified atom stereocenters. The fraction of sp³-hybridized carbons (Fsp3) is 0.526. The third kappa shape index (κ3) is 7.14. The molecule has 0 heterocycles. The first kappa shape index (κ1) is 16.5. The van der Waals surface area contributed by atoms with Crippen LogP contribution in [0, 0.1) is 11.8 Å². The average Bonchev–Trinajstić information content (AvgIpc) is 2.49. The molecule has 1 aromatic carbocycles. The summed E-state index contributed by atoms with van der Waals surface area (Å²) in [7, 11) is 0. The third-order valence-electron chi connectivity index (χ3n) is 3.49. The first-order chi connectivity index (χ1) is 9.88. The molecule has 0 bridgehead atoms. The normalized spacial score (nSPS) is 9.85. The van der Waals surface area contributed by atoms with Gasteiger partial charge >= 0.3 is 0 Å². The minimum absolute atomic E-state index is 0.686. The fourth-order valence-corrected chi connectivity index (χ4v) is 2.23. The van der Waals surface area contributed by atoms with Gasteiger partial charge in [-0.05, 0) is 12.0 Å². The van der Waals surface area contributed by atoms with Crippen molar-refractivity contribution in [3.05, 3.63) is 35.4 Å². The topological polar surface area (TPSA) is 17.1 Å². The van der Waals surface area contributed by atoms with Crippen molar-refractivity contribution in [3.63, 3.8) is 0 Å². The Kier molecular flexibility index (Phi) is 9.32. The Balaban J connectivity index is 2.12. The molecule has 0 aliphatic rings. The van der Waals surface area contributed by atoms with Gasteiger partial charge in [-0.1, -0.05) is 75.6 Å². The van der Waals surface area contributed by atoms with E-state index < -0.39 is 0 Å². The lowest BCUT2D eigenvalue weighted by Crippen LogP contribution is -1.90. The standard InChI is InChI=1S/C19H26O/c1-2-3-4-5-6-7-8-9-10-11-14-18-15-12-13-16-19(18)17-20/h12-13,15-17H,2-9,14H2,1H3. The summed E-state index contributed by atoms with van der Waals surface area (Å²) < 4.78 is 0. The van der Waals surface area contributed by atoms with Crippen molar-refractivity contribution in [3.8, 4) is 11.8 Å². The second kappa shape index (κ2) is 11.3. The maximum atomic E-state index is 10.9. The Morgan fingerprint density at radius 2 is 1.65 bits per heavy atom. The highest BCUT2D eigenvalue weighted by Crippen LogP contribution is 2.08. The van der Waals surface area contributed by atoms with Crippen LogP contribution in [0.1, 0.15) is 74.2 Å². The van der Waals surface area contributed by atoms with Crippen molar-refractivity contribution in [1.29, 1.82) is 0 Å². The fourth-order valence-electron chi connectivity index (χ4n) is 2.23. The average molecular weight is 270 g/mol. The van der Waals surface area contributed by atoms with Gasteiger partial charge in [0, 0.05) is 18.4 Å². The smallest absolute Gasteiger partial charge is 0.150 e. The molecule has 1 aromatic rings. The Hall–Kier alpha value is -1.55. The van der Waals surface area contributed by atoms with Crippen LogP contribution in [-0.4, -0.2) is 6.29 Å². The lowest BCUT2D eigenvalue weighted by molar-refractivity contribution is 0.112. The van der Waals surface area contributed by atoms with Gasteiger partial charge < -0.3 is 0 Å². The van der Waals surface area contributed by atoms with Crippen LogP contribution in [0.5, 0.6) is 0 Å². The van der Waals surface area contributed by atoms with Gasteiger partial charge in [0.15, 0.2) is 0 Å². The van der Waals surface area contributed by atoms with Crippen LogP contribution in [0.15, 0.2) is 24.3 Å². The number of carbonyl (C=O) groups excluding carboxylic acids is 1. The van der Waals surface area contributed by atoms with Gasteiger partial charge in [-0.25, -0.2) is 0 Å². The summed E-state index contributed by atoms with van der Waals surface area (Å²) in [6, 6.07) is 7.67. The molecule has 1 rings (SSSR count). The van der Waals surface area contributed by atoms with E-state index in [1.165, 1.54) is 44.9 Å². The van der Waals surface area contributed by atoms with Gasteiger partial charge in [0.2, 0.25) is 0 Å². The maximum Gasteiger partial charge on any atom is 0.150 e. The quantitative estimate of drug-likeness (QED) is 0.343. The Bertz CT molecular complexity index is 437. The summed E-state index contributed by atoms with van der Waals surface area (Å²) in [5.41, 5.74) is 1.80. The summed E-state index contributed by atoms with van der Waals surface area (Å²) in [6.45, 7) is 2.25. The second-order valence-corrected chi connectivity index (χ2v) is 5.22. The Morgan fingerprint density at radius 1 is 0.950 bits per heavy atom. The summed E-state index contributed by atoms with van der Waals surface area (Å²) in [5.74, 6) is 6.40. The van der Waals surface area contributed by atoms with E-state index in [1.807, 2.05) is 24.3 Å². The number of carbonyl (C=O) groups is 1. The van der Waals surface area contributed by atoms with E-state index in [2.05, 4.69) is 18.8 Å². The number of benzene rings is 1. The number of unbranched alkanes of at least 4 members (excludes halogenated alkanes) is 7. The van der Waals surface area contributed by atoms with Gasteiger partial charge in [-0.3, -0.25) is 4.79 Å². The van der Waals surface area contributed by atoms with Crippen LogP contribution in [0.25, 0.3) is 0 Å². The number of rotatable bonds is 9. The molecule has 0 radical (unpaired) electrons. The monoisotopic (exact) mass is 270 g/mol. The second-order valence-electron chi connectivity index (χ2n) is 5.22. The zero-order valence-corrected chi connectivity index (χ0v) is 12.7. The molecule has 1 heteroatoms. The molecule has 0 saturated carbocycles. The highest BCUT2D eigenvalue weighted by molar-refractivity contribution is 5.77. The minimum Gasteiger partial charge on any atom is -0.298 e. The predicted molar refractivity (Wildman–Crippen MR) is 85.9 cm³/mol. The van der Waals surface area contributed by atoms with E-state index >= 15 is 0 Å². The lowest BCUT2D eigenvalue weighted by atomic mass is 10.1. The van der Waals surface area contributed by atoms with E-state index in [4.69, 9.17) is 0 Å². The molecule has 20 heavy (non-hydrogen) atoms. The number of aldehydes is 1. The van der Waals surface area contributed by atoms with E-state index in [-0.39, 0.29) is 0 Å². The maximum absolute atomic E-state index is 10.9. The molecule has 0 fully saturated rings. The van der Waals surface area contributed by atoms with E-state index in [1.54, 1.807) is 0 Å². The van der Waals surface area contributed by atoms with E-state index in [0.717, 1.165) is 23.8 Å². The van der Waals surface area contributed by atoms with Crippen LogP contribution >= 0.6 is 0 Å². The summed E-state index contributed by atoms with van der Waals surface area (Å²) in [6.07, 6.45) is 11.9. The number of hydrogen-bond acceptors (Lipinski definition) is 1. The van der Waals surface area contributed by atoms with E-state index in [9.17, 15) is 4.79 Å². The molecule has 0 N–H and O–H groups in total. The highest BCUT2D eigenvalue weighted by atomic mass is 16.1. The van der Waals surface area contributed by atoms with Crippen LogP contribution in [0.3, 0.4) is 0 Å². The molecule has 0 amide bonds. The van der Waals surface area contributed by atoms with Gasteiger partial charge in [0.05, 0.1) is 0 Å². The molecule has 0 aromatic heterocycles. The van der Waals surface area contributed by atoms with Crippen molar-refractivity contribution in [2.45, 2.75) is 64.7 Å². The van der Waals surface area contributed by atoms with Crippen molar-refractivity contribution in [2.75, 3.05) is 0 Å². The summed E-state index contributed by atoms with van der Waals surface area (Å²) in [4.78, 5) is 10.9. The zero-order chi connectivity index (χ0) is 14.5. The lowest BCUT2D eigenvalue weighted by Gasteiger charge is -1.99. The first-order valence-corrected chi connectivity index (χ1v) is 7.87. The Labute approximate surface area is 123 Å². The van der Waals surface area contributed by atoms with Crippen LogP contribution in [0.2, 0.25) is 0 Å². The highest BCUT2D eigenvalue weighted by Gasteiger charge is 1.97. The molecular formula is C19H26O. The van der Waals surface area contributed by atoms with Gasteiger partial charge in [-0.15, -0.1) is 5.92 Å².